The maximum atomic E-state index is 12.8. The number of hydrogen-bond acceptors (Lipinski definition) is 6. The quantitative estimate of drug-likeness (QED) is 0.745. The summed E-state index contributed by atoms with van der Waals surface area (Å²) < 4.78 is 11.2. The molecule has 4 rings (SSSR count). The minimum Gasteiger partial charge on any atom is -0.497 e. The van der Waals surface area contributed by atoms with E-state index in [0.717, 1.165) is 42.8 Å². The molecular weight excluding hydrogens is 408 g/mol. The van der Waals surface area contributed by atoms with E-state index in [-0.39, 0.29) is 36.3 Å². The Morgan fingerprint density at radius 2 is 1.81 bits per heavy atom. The van der Waals surface area contributed by atoms with Crippen molar-refractivity contribution < 1.29 is 19.1 Å². The van der Waals surface area contributed by atoms with Gasteiger partial charge >= 0.3 is 6.01 Å². The Morgan fingerprint density at radius 1 is 1.09 bits per heavy atom. The fraction of sp³-hybridized carbons (Fsp3) is 0.500. The van der Waals surface area contributed by atoms with Crippen molar-refractivity contribution >= 4 is 17.5 Å². The van der Waals surface area contributed by atoms with Crippen LogP contribution in [-0.4, -0.2) is 47.6 Å². The summed E-state index contributed by atoms with van der Waals surface area (Å²) in [5.41, 5.74) is 2.54. The summed E-state index contributed by atoms with van der Waals surface area (Å²) in [7, 11) is 1.59. The van der Waals surface area contributed by atoms with Gasteiger partial charge in [0.15, 0.2) is 0 Å². The molecule has 0 radical (unpaired) electrons. The molecule has 8 nitrogen and oxygen atoms in total. The summed E-state index contributed by atoms with van der Waals surface area (Å²) in [6.07, 6.45) is 3.62. The van der Waals surface area contributed by atoms with Gasteiger partial charge in [0.1, 0.15) is 11.9 Å². The van der Waals surface area contributed by atoms with Gasteiger partial charge in [-0.15, -0.1) is 0 Å². The lowest BCUT2D eigenvalue weighted by Gasteiger charge is -2.29. The number of nitrogens with one attached hydrogen (secondary N) is 1. The Labute approximate surface area is 188 Å². The molecule has 1 saturated heterocycles. The molecule has 8 heteroatoms. The van der Waals surface area contributed by atoms with E-state index in [9.17, 15) is 9.59 Å². The highest BCUT2D eigenvalue weighted by Crippen LogP contribution is 2.29. The molecule has 1 aromatic carbocycles. The average molecular weight is 439 g/mol. The van der Waals surface area contributed by atoms with Crippen LogP contribution in [0.4, 0.5) is 5.69 Å². The molecule has 0 bridgehead atoms. The first kappa shape index (κ1) is 22.0. The molecule has 1 saturated carbocycles. The monoisotopic (exact) mass is 438 g/mol. The van der Waals surface area contributed by atoms with Gasteiger partial charge in [-0.1, -0.05) is 6.07 Å². The smallest absolute Gasteiger partial charge is 0.317 e. The van der Waals surface area contributed by atoms with E-state index in [1.165, 1.54) is 0 Å². The third kappa shape index (κ3) is 5.18. The first-order chi connectivity index (χ1) is 15.4. The molecule has 32 heavy (non-hydrogen) atoms. The second-order valence-electron chi connectivity index (χ2n) is 8.64. The van der Waals surface area contributed by atoms with Crippen molar-refractivity contribution in [1.82, 2.24) is 15.3 Å². The predicted octanol–water partition coefficient (Wildman–Crippen LogP) is 2.96. The number of methoxy groups -OCH3 is 1. The lowest BCUT2D eigenvalue weighted by atomic mass is 9.92. The van der Waals surface area contributed by atoms with Crippen molar-refractivity contribution in [3.05, 3.63) is 41.7 Å². The van der Waals surface area contributed by atoms with Crippen LogP contribution in [0.5, 0.6) is 11.8 Å². The molecule has 2 amide bonds. The molecule has 2 aliphatic rings. The van der Waals surface area contributed by atoms with Gasteiger partial charge in [-0.3, -0.25) is 9.59 Å². The Bertz CT molecular complexity index is 967. The van der Waals surface area contributed by atoms with Crippen LogP contribution in [0.1, 0.15) is 43.5 Å². The van der Waals surface area contributed by atoms with Gasteiger partial charge < -0.3 is 19.7 Å². The molecule has 1 aliphatic heterocycles. The zero-order valence-corrected chi connectivity index (χ0v) is 18.8. The van der Waals surface area contributed by atoms with Gasteiger partial charge in [-0.2, -0.15) is 0 Å². The largest absolute Gasteiger partial charge is 0.497 e. The van der Waals surface area contributed by atoms with Gasteiger partial charge in [-0.05, 0) is 57.7 Å². The van der Waals surface area contributed by atoms with E-state index in [1.807, 2.05) is 44.2 Å². The molecule has 170 valence electrons. The summed E-state index contributed by atoms with van der Waals surface area (Å²) in [4.78, 5) is 35.7. The first-order valence-electron chi connectivity index (χ1n) is 11.1. The van der Waals surface area contributed by atoms with Gasteiger partial charge in [0, 0.05) is 42.1 Å². The maximum Gasteiger partial charge on any atom is 0.317 e. The SMILES string of the molecule is COc1cccc(N2CC(C(=O)NC3CCC(Oc4nc(C)cc(C)n4)CC3)CC2=O)c1. The van der Waals surface area contributed by atoms with Crippen LogP contribution < -0.4 is 19.7 Å². The van der Waals surface area contributed by atoms with E-state index in [4.69, 9.17) is 9.47 Å². The van der Waals surface area contributed by atoms with Crippen molar-refractivity contribution in [3.63, 3.8) is 0 Å². The summed E-state index contributed by atoms with van der Waals surface area (Å²) in [6.45, 7) is 4.24. The number of anilines is 1. The van der Waals surface area contributed by atoms with Crippen molar-refractivity contribution in [2.75, 3.05) is 18.6 Å². The van der Waals surface area contributed by atoms with Crippen molar-refractivity contribution in [2.45, 2.75) is 58.1 Å². The standard InChI is InChI=1S/C24H30N4O4/c1-15-11-16(2)26-24(25-15)32-20-9-7-18(8-10-20)27-23(30)17-12-22(29)28(14-17)19-5-4-6-21(13-19)31-3/h4-6,11,13,17-18,20H,7-10,12,14H2,1-3H3,(H,27,30). The molecule has 2 fully saturated rings. The number of ether oxygens (including phenoxy) is 2. The molecular formula is C24H30N4O4. The zero-order chi connectivity index (χ0) is 22.7. The summed E-state index contributed by atoms with van der Waals surface area (Å²) in [6, 6.07) is 9.81. The molecule has 1 unspecified atom stereocenters. The third-order valence-electron chi connectivity index (χ3n) is 6.12. The van der Waals surface area contributed by atoms with E-state index in [1.54, 1.807) is 12.0 Å². The van der Waals surface area contributed by atoms with Crippen LogP contribution in [0.3, 0.4) is 0 Å². The number of carbonyl (C=O) groups excluding carboxylic acids is 2. The number of rotatable bonds is 6. The van der Waals surface area contributed by atoms with Crippen LogP contribution in [-0.2, 0) is 9.59 Å². The Kier molecular flexibility index (Phi) is 6.58. The van der Waals surface area contributed by atoms with Crippen LogP contribution in [0.2, 0.25) is 0 Å². The summed E-state index contributed by atoms with van der Waals surface area (Å²) >= 11 is 0. The Balaban J connectivity index is 1.27. The molecule has 1 N–H and O–H groups in total. The molecule has 1 aromatic heterocycles. The minimum atomic E-state index is -0.341. The van der Waals surface area contributed by atoms with Crippen LogP contribution in [0.15, 0.2) is 30.3 Å². The number of hydrogen-bond donors (Lipinski definition) is 1. The van der Waals surface area contributed by atoms with Crippen LogP contribution in [0.25, 0.3) is 0 Å². The molecule has 2 heterocycles. The fourth-order valence-electron chi connectivity index (χ4n) is 4.45. The Hall–Kier alpha value is -3.16. The highest BCUT2D eigenvalue weighted by atomic mass is 16.5. The van der Waals surface area contributed by atoms with Gasteiger partial charge in [0.2, 0.25) is 11.8 Å². The zero-order valence-electron chi connectivity index (χ0n) is 18.8. The van der Waals surface area contributed by atoms with Crippen molar-refractivity contribution in [3.8, 4) is 11.8 Å². The van der Waals surface area contributed by atoms with Crippen molar-refractivity contribution in [2.24, 2.45) is 5.92 Å². The maximum absolute atomic E-state index is 12.8. The highest BCUT2D eigenvalue weighted by molar-refractivity contribution is 6.00. The highest BCUT2D eigenvalue weighted by Gasteiger charge is 2.36. The molecule has 2 aromatic rings. The number of benzene rings is 1. The van der Waals surface area contributed by atoms with Gasteiger partial charge in [0.25, 0.3) is 0 Å². The predicted molar refractivity (Wildman–Crippen MR) is 120 cm³/mol. The number of carbonyl (C=O) groups is 2. The van der Waals surface area contributed by atoms with Crippen LogP contribution in [0, 0.1) is 19.8 Å². The third-order valence-corrected chi connectivity index (χ3v) is 6.12. The second-order valence-corrected chi connectivity index (χ2v) is 8.64. The van der Waals surface area contributed by atoms with E-state index >= 15 is 0 Å². The molecule has 1 atom stereocenters. The number of aromatic nitrogens is 2. The number of nitrogens with zero attached hydrogens (tertiary/aromatic N) is 3. The lowest BCUT2D eigenvalue weighted by Crippen LogP contribution is -2.43. The second kappa shape index (κ2) is 9.54. The minimum absolute atomic E-state index is 0.0380. The van der Waals surface area contributed by atoms with Crippen LogP contribution >= 0.6 is 0 Å². The van der Waals surface area contributed by atoms with Gasteiger partial charge in [0.05, 0.1) is 13.0 Å². The van der Waals surface area contributed by atoms with E-state index < -0.39 is 0 Å². The van der Waals surface area contributed by atoms with Gasteiger partial charge in [-0.25, -0.2) is 9.97 Å². The molecule has 1 aliphatic carbocycles. The van der Waals surface area contributed by atoms with Crippen molar-refractivity contribution in [1.29, 1.82) is 0 Å². The fourth-order valence-corrected chi connectivity index (χ4v) is 4.45. The molecule has 0 spiro atoms. The number of aryl methyl sites for hydroxylation is 2. The Morgan fingerprint density at radius 3 is 2.50 bits per heavy atom. The number of amides is 2. The summed E-state index contributed by atoms with van der Waals surface area (Å²) in [5, 5.41) is 3.15. The van der Waals surface area contributed by atoms with E-state index in [2.05, 4.69) is 15.3 Å². The lowest BCUT2D eigenvalue weighted by molar-refractivity contribution is -0.127. The van der Waals surface area contributed by atoms with E-state index in [0.29, 0.717) is 18.3 Å². The average Bonchev–Trinajstić information content (AvgIpc) is 3.16. The normalized spacial score (nSPS) is 23.2. The first-order valence-corrected chi connectivity index (χ1v) is 11.1. The summed E-state index contributed by atoms with van der Waals surface area (Å²) in [5.74, 6) is 0.259. The topological polar surface area (TPSA) is 93.7 Å².